The fraction of sp³-hybridized carbons (Fsp3) is 0.0714. The van der Waals surface area contributed by atoms with E-state index in [1.807, 2.05) is 19.1 Å². The predicted molar refractivity (Wildman–Crippen MR) is 60.0 cm³/mol. The topological polar surface area (TPSA) is 17.1 Å². The molecule has 0 atom stereocenters. The lowest BCUT2D eigenvalue weighted by Gasteiger charge is -2.00. The molecule has 1 aliphatic carbocycles. The Morgan fingerprint density at radius 1 is 1.00 bits per heavy atom. The maximum atomic E-state index is 13.6. The van der Waals surface area contributed by atoms with Gasteiger partial charge in [0.1, 0.15) is 5.82 Å². The summed E-state index contributed by atoms with van der Waals surface area (Å²) in [7, 11) is 0. The van der Waals surface area contributed by atoms with Gasteiger partial charge in [-0.15, -0.1) is 0 Å². The van der Waals surface area contributed by atoms with Crippen molar-refractivity contribution in [2.24, 2.45) is 0 Å². The fourth-order valence-electron chi connectivity index (χ4n) is 2.19. The van der Waals surface area contributed by atoms with Crippen LogP contribution in [-0.4, -0.2) is 5.78 Å². The molecule has 0 amide bonds. The summed E-state index contributed by atoms with van der Waals surface area (Å²) in [4.78, 5) is 12.0. The second-order valence-electron chi connectivity index (χ2n) is 4.04. The van der Waals surface area contributed by atoms with Crippen LogP contribution in [0.15, 0.2) is 36.4 Å². The van der Waals surface area contributed by atoms with Crippen LogP contribution < -0.4 is 0 Å². The van der Waals surface area contributed by atoms with Crippen LogP contribution >= 0.6 is 0 Å². The molecule has 1 nitrogen and oxygen atoms in total. The molecule has 0 unspecified atom stereocenters. The molecule has 0 spiro atoms. The number of aryl methyl sites for hydroxylation is 1. The molecule has 0 heterocycles. The van der Waals surface area contributed by atoms with E-state index >= 15 is 0 Å². The molecule has 0 radical (unpaired) electrons. The number of benzene rings is 2. The molecule has 2 aromatic carbocycles. The Hall–Kier alpha value is -1.96. The van der Waals surface area contributed by atoms with Gasteiger partial charge in [0.2, 0.25) is 0 Å². The summed E-state index contributed by atoms with van der Waals surface area (Å²) in [5.74, 6) is -0.639. The molecule has 0 saturated heterocycles. The lowest BCUT2D eigenvalue weighted by Crippen LogP contribution is -1.98. The maximum absolute atomic E-state index is 13.6. The van der Waals surface area contributed by atoms with Crippen molar-refractivity contribution in [3.05, 3.63) is 58.9 Å². The van der Waals surface area contributed by atoms with E-state index in [0.717, 1.165) is 11.1 Å². The third kappa shape index (κ3) is 1.07. The molecular weight excluding hydrogens is 203 g/mol. The first kappa shape index (κ1) is 9.28. The van der Waals surface area contributed by atoms with E-state index in [9.17, 15) is 9.18 Å². The van der Waals surface area contributed by atoms with Gasteiger partial charge in [-0.2, -0.15) is 0 Å². The van der Waals surface area contributed by atoms with Crippen LogP contribution in [0.25, 0.3) is 11.1 Å². The highest BCUT2D eigenvalue weighted by Gasteiger charge is 2.29. The molecule has 2 heteroatoms. The second kappa shape index (κ2) is 3.01. The SMILES string of the molecule is Cc1ccc2c(c1)-c1cccc(F)c1C2=O. The second-order valence-corrected chi connectivity index (χ2v) is 4.04. The van der Waals surface area contributed by atoms with Gasteiger partial charge < -0.3 is 0 Å². The molecule has 1 aliphatic rings. The first-order valence-corrected chi connectivity index (χ1v) is 5.13. The summed E-state index contributed by atoms with van der Waals surface area (Å²) >= 11 is 0. The average molecular weight is 212 g/mol. The molecule has 0 fully saturated rings. The first-order valence-electron chi connectivity index (χ1n) is 5.13. The van der Waals surface area contributed by atoms with E-state index in [1.54, 1.807) is 18.2 Å². The van der Waals surface area contributed by atoms with Gasteiger partial charge in [0.15, 0.2) is 5.78 Å². The lowest BCUT2D eigenvalue weighted by molar-refractivity contribution is 0.104. The largest absolute Gasteiger partial charge is 0.288 e. The summed E-state index contributed by atoms with van der Waals surface area (Å²) in [6.07, 6.45) is 0. The zero-order chi connectivity index (χ0) is 11.3. The van der Waals surface area contributed by atoms with Crippen LogP contribution in [0.2, 0.25) is 0 Å². The van der Waals surface area contributed by atoms with Gasteiger partial charge >= 0.3 is 0 Å². The monoisotopic (exact) mass is 212 g/mol. The van der Waals surface area contributed by atoms with Crippen LogP contribution in [0.5, 0.6) is 0 Å². The Balaban J connectivity index is 2.40. The van der Waals surface area contributed by atoms with Crippen LogP contribution in [0.1, 0.15) is 21.5 Å². The highest BCUT2D eigenvalue weighted by molar-refractivity contribution is 6.21. The Morgan fingerprint density at radius 2 is 1.81 bits per heavy atom. The first-order chi connectivity index (χ1) is 7.68. The summed E-state index contributed by atoms with van der Waals surface area (Å²) in [6, 6.07) is 10.3. The third-order valence-electron chi connectivity index (χ3n) is 2.95. The predicted octanol–water partition coefficient (Wildman–Crippen LogP) is 3.35. The van der Waals surface area contributed by atoms with E-state index < -0.39 is 5.82 Å². The number of carbonyl (C=O) groups excluding carboxylic acids is 1. The van der Waals surface area contributed by atoms with Gasteiger partial charge in [-0.3, -0.25) is 4.79 Å². The quantitative estimate of drug-likeness (QED) is 0.558. The van der Waals surface area contributed by atoms with Gasteiger partial charge in [0.05, 0.1) is 5.56 Å². The fourth-order valence-corrected chi connectivity index (χ4v) is 2.19. The maximum Gasteiger partial charge on any atom is 0.197 e. The molecule has 0 N–H and O–H groups in total. The van der Waals surface area contributed by atoms with Crippen molar-refractivity contribution in [2.45, 2.75) is 6.92 Å². The molecule has 3 rings (SSSR count). The van der Waals surface area contributed by atoms with Gasteiger partial charge in [-0.25, -0.2) is 4.39 Å². The molecule has 2 aromatic rings. The molecule has 78 valence electrons. The molecule has 0 saturated carbocycles. The van der Waals surface area contributed by atoms with Crippen LogP contribution in [0.4, 0.5) is 4.39 Å². The normalized spacial score (nSPS) is 12.5. The van der Waals surface area contributed by atoms with Crippen molar-refractivity contribution in [1.82, 2.24) is 0 Å². The van der Waals surface area contributed by atoms with Crippen molar-refractivity contribution in [2.75, 3.05) is 0 Å². The summed E-state index contributed by atoms with van der Waals surface area (Å²) < 4.78 is 13.6. The Labute approximate surface area is 92.5 Å². The molecule has 0 aliphatic heterocycles. The smallest absolute Gasteiger partial charge is 0.197 e. The van der Waals surface area contributed by atoms with E-state index in [4.69, 9.17) is 0 Å². The standard InChI is InChI=1S/C14H9FO/c1-8-5-6-10-11(7-8)9-3-2-4-12(15)13(9)14(10)16/h2-7H,1H3. The van der Waals surface area contributed by atoms with Crippen molar-refractivity contribution >= 4 is 5.78 Å². The molecule has 0 aromatic heterocycles. The van der Waals surface area contributed by atoms with E-state index in [0.29, 0.717) is 11.1 Å². The van der Waals surface area contributed by atoms with Gasteiger partial charge in [-0.1, -0.05) is 35.9 Å². The highest BCUT2D eigenvalue weighted by Crippen LogP contribution is 2.37. The number of rotatable bonds is 0. The summed E-state index contributed by atoms with van der Waals surface area (Å²) in [5, 5.41) is 0. The number of hydrogen-bond donors (Lipinski definition) is 0. The number of fused-ring (bicyclic) bond motifs is 3. The van der Waals surface area contributed by atoms with E-state index in [-0.39, 0.29) is 11.3 Å². The summed E-state index contributed by atoms with van der Waals surface area (Å²) in [6.45, 7) is 1.96. The van der Waals surface area contributed by atoms with Crippen molar-refractivity contribution in [3.8, 4) is 11.1 Å². The number of hydrogen-bond acceptors (Lipinski definition) is 1. The number of carbonyl (C=O) groups is 1. The Kier molecular flexibility index (Phi) is 1.75. The van der Waals surface area contributed by atoms with E-state index in [2.05, 4.69) is 0 Å². The number of ketones is 1. The minimum atomic E-state index is -0.434. The Bertz CT molecular complexity index is 614. The van der Waals surface area contributed by atoms with Gasteiger partial charge in [0.25, 0.3) is 0 Å². The zero-order valence-electron chi connectivity index (χ0n) is 8.75. The van der Waals surface area contributed by atoms with Gasteiger partial charge in [-0.05, 0) is 24.1 Å². The molecule has 0 bridgehead atoms. The average Bonchev–Trinajstić information content (AvgIpc) is 2.54. The van der Waals surface area contributed by atoms with Crippen molar-refractivity contribution < 1.29 is 9.18 Å². The van der Waals surface area contributed by atoms with Crippen LogP contribution in [0, 0.1) is 12.7 Å². The highest BCUT2D eigenvalue weighted by atomic mass is 19.1. The molecule has 16 heavy (non-hydrogen) atoms. The molecular formula is C14H9FO. The summed E-state index contributed by atoms with van der Waals surface area (Å²) in [5.41, 5.74) is 3.45. The lowest BCUT2D eigenvalue weighted by atomic mass is 10.0. The van der Waals surface area contributed by atoms with E-state index in [1.165, 1.54) is 6.07 Å². The van der Waals surface area contributed by atoms with Crippen molar-refractivity contribution in [1.29, 1.82) is 0 Å². The van der Waals surface area contributed by atoms with Gasteiger partial charge in [0, 0.05) is 5.56 Å². The number of halogens is 1. The van der Waals surface area contributed by atoms with Crippen molar-refractivity contribution in [3.63, 3.8) is 0 Å². The minimum absolute atomic E-state index is 0.205. The Morgan fingerprint density at radius 3 is 2.62 bits per heavy atom. The minimum Gasteiger partial charge on any atom is -0.288 e. The van der Waals surface area contributed by atoms with Crippen LogP contribution in [-0.2, 0) is 0 Å². The van der Waals surface area contributed by atoms with Crippen LogP contribution in [0.3, 0.4) is 0 Å². The third-order valence-corrected chi connectivity index (χ3v) is 2.95. The zero-order valence-corrected chi connectivity index (χ0v) is 8.75.